The van der Waals surface area contributed by atoms with Gasteiger partial charge in [-0.25, -0.2) is 0 Å². The van der Waals surface area contributed by atoms with Crippen LogP contribution in [0.5, 0.6) is 17.2 Å². The van der Waals surface area contributed by atoms with Crippen molar-refractivity contribution in [3.05, 3.63) is 77.9 Å². The molecule has 0 aliphatic heterocycles. The Balaban J connectivity index is 1.77. The van der Waals surface area contributed by atoms with Crippen LogP contribution in [0.2, 0.25) is 0 Å². The molecule has 3 rings (SSSR count). The van der Waals surface area contributed by atoms with Gasteiger partial charge in [-0.05, 0) is 60.0 Å². The van der Waals surface area contributed by atoms with Crippen molar-refractivity contribution < 1.29 is 14.2 Å². The molecule has 0 aromatic heterocycles. The van der Waals surface area contributed by atoms with Gasteiger partial charge in [0.05, 0.1) is 21.3 Å². The van der Waals surface area contributed by atoms with Gasteiger partial charge in [0.1, 0.15) is 17.2 Å². The first kappa shape index (κ1) is 19.8. The van der Waals surface area contributed by atoms with Crippen LogP contribution in [-0.4, -0.2) is 21.3 Å². The second-order valence-electron chi connectivity index (χ2n) is 6.64. The molecule has 0 aliphatic rings. The molecular weight excluding hydrogens is 350 g/mol. The fourth-order valence-electron chi connectivity index (χ4n) is 3.16. The lowest BCUT2D eigenvalue weighted by atomic mass is 10.0. The van der Waals surface area contributed by atoms with E-state index in [1.165, 1.54) is 11.1 Å². The van der Waals surface area contributed by atoms with E-state index in [1.54, 1.807) is 21.3 Å². The van der Waals surface area contributed by atoms with E-state index in [1.807, 2.05) is 42.5 Å². The fourth-order valence-corrected chi connectivity index (χ4v) is 3.16. The maximum atomic E-state index is 5.57. The lowest BCUT2D eigenvalue weighted by molar-refractivity contribution is 0.413. The van der Waals surface area contributed by atoms with Gasteiger partial charge >= 0.3 is 0 Å². The zero-order chi connectivity index (χ0) is 19.9. The van der Waals surface area contributed by atoms with Gasteiger partial charge in [0.25, 0.3) is 0 Å². The van der Waals surface area contributed by atoms with Gasteiger partial charge in [0, 0.05) is 18.2 Å². The molecule has 4 nitrogen and oxygen atoms in total. The molecule has 0 aliphatic carbocycles. The van der Waals surface area contributed by atoms with Crippen molar-refractivity contribution in [1.82, 2.24) is 5.32 Å². The van der Waals surface area contributed by atoms with Gasteiger partial charge in [-0.15, -0.1) is 0 Å². The van der Waals surface area contributed by atoms with E-state index in [0.29, 0.717) is 0 Å². The molecule has 0 heterocycles. The molecule has 0 spiro atoms. The summed E-state index contributed by atoms with van der Waals surface area (Å²) >= 11 is 0. The third kappa shape index (κ3) is 4.65. The van der Waals surface area contributed by atoms with E-state index in [0.717, 1.165) is 34.9 Å². The van der Waals surface area contributed by atoms with Crippen LogP contribution in [-0.2, 0) is 6.54 Å². The molecule has 1 atom stereocenters. The van der Waals surface area contributed by atoms with Crippen molar-refractivity contribution in [2.45, 2.75) is 19.5 Å². The highest BCUT2D eigenvalue weighted by atomic mass is 16.5. The van der Waals surface area contributed by atoms with E-state index < -0.39 is 0 Å². The van der Waals surface area contributed by atoms with Crippen LogP contribution in [0.1, 0.15) is 24.1 Å². The van der Waals surface area contributed by atoms with E-state index in [2.05, 4.69) is 36.5 Å². The quantitative estimate of drug-likeness (QED) is 0.583. The predicted octanol–water partition coefficient (Wildman–Crippen LogP) is 5.23. The van der Waals surface area contributed by atoms with Gasteiger partial charge in [-0.2, -0.15) is 0 Å². The molecule has 28 heavy (non-hydrogen) atoms. The Morgan fingerprint density at radius 1 is 0.786 bits per heavy atom. The summed E-state index contributed by atoms with van der Waals surface area (Å²) in [5.41, 5.74) is 4.56. The number of benzene rings is 3. The Morgan fingerprint density at radius 3 is 2.21 bits per heavy atom. The highest BCUT2D eigenvalue weighted by molar-refractivity contribution is 5.71. The first-order valence-electron chi connectivity index (χ1n) is 9.33. The lowest BCUT2D eigenvalue weighted by Crippen LogP contribution is -2.18. The van der Waals surface area contributed by atoms with Gasteiger partial charge in [-0.1, -0.05) is 30.3 Å². The van der Waals surface area contributed by atoms with Crippen LogP contribution in [0.3, 0.4) is 0 Å². The minimum atomic E-state index is 0.210. The second-order valence-corrected chi connectivity index (χ2v) is 6.64. The van der Waals surface area contributed by atoms with E-state index in [-0.39, 0.29) is 6.04 Å². The molecule has 1 N–H and O–H groups in total. The highest BCUT2D eigenvalue weighted by Crippen LogP contribution is 2.32. The maximum Gasteiger partial charge on any atom is 0.126 e. The van der Waals surface area contributed by atoms with Crippen LogP contribution in [0.15, 0.2) is 66.7 Å². The Bertz CT molecular complexity index is 906. The molecule has 3 aromatic carbocycles. The summed E-state index contributed by atoms with van der Waals surface area (Å²) < 4.78 is 16.1. The lowest BCUT2D eigenvalue weighted by Gasteiger charge is -2.16. The third-order valence-corrected chi connectivity index (χ3v) is 4.87. The molecule has 0 bridgehead atoms. The van der Waals surface area contributed by atoms with Gasteiger partial charge < -0.3 is 19.5 Å². The predicted molar refractivity (Wildman–Crippen MR) is 113 cm³/mol. The number of hydrogen-bond acceptors (Lipinski definition) is 4. The zero-order valence-corrected chi connectivity index (χ0v) is 16.9. The van der Waals surface area contributed by atoms with Gasteiger partial charge in [0.15, 0.2) is 0 Å². The Hall–Kier alpha value is -2.98. The van der Waals surface area contributed by atoms with Gasteiger partial charge in [-0.3, -0.25) is 0 Å². The second kappa shape index (κ2) is 9.29. The SMILES string of the molecule is COc1ccc(-c2cc(CN[C@H](C)c3cccc(OC)c3)ccc2OC)cc1. The summed E-state index contributed by atoms with van der Waals surface area (Å²) in [6.07, 6.45) is 0. The van der Waals surface area contributed by atoms with E-state index in [4.69, 9.17) is 14.2 Å². The number of methoxy groups -OCH3 is 3. The number of nitrogens with one attached hydrogen (secondary N) is 1. The Labute approximate surface area is 167 Å². The number of ether oxygens (including phenoxy) is 3. The van der Waals surface area contributed by atoms with E-state index >= 15 is 0 Å². The van der Waals surface area contributed by atoms with Crippen LogP contribution >= 0.6 is 0 Å². The molecule has 0 fully saturated rings. The highest BCUT2D eigenvalue weighted by Gasteiger charge is 2.10. The molecule has 0 unspecified atom stereocenters. The standard InChI is InChI=1S/C24H27NO3/c1-17(20-6-5-7-22(15-20)27-3)25-16-18-8-13-24(28-4)23(14-18)19-9-11-21(26-2)12-10-19/h5-15,17,25H,16H2,1-4H3/t17-/m1/s1. The van der Waals surface area contributed by atoms with Crippen molar-refractivity contribution in [1.29, 1.82) is 0 Å². The first-order valence-corrected chi connectivity index (χ1v) is 9.33. The van der Waals surface area contributed by atoms with Crippen LogP contribution in [0.25, 0.3) is 11.1 Å². The molecule has 0 saturated heterocycles. The van der Waals surface area contributed by atoms with Crippen LogP contribution in [0.4, 0.5) is 0 Å². The zero-order valence-electron chi connectivity index (χ0n) is 16.9. The first-order chi connectivity index (χ1) is 13.6. The molecule has 0 radical (unpaired) electrons. The summed E-state index contributed by atoms with van der Waals surface area (Å²) in [5.74, 6) is 2.57. The maximum absolute atomic E-state index is 5.57. The monoisotopic (exact) mass is 377 g/mol. The Morgan fingerprint density at radius 2 is 1.54 bits per heavy atom. The summed E-state index contributed by atoms with van der Waals surface area (Å²) in [6.45, 7) is 2.91. The van der Waals surface area contributed by atoms with Crippen molar-refractivity contribution in [2.24, 2.45) is 0 Å². The average Bonchev–Trinajstić information content (AvgIpc) is 2.77. The molecule has 4 heteroatoms. The van der Waals surface area contributed by atoms with Crippen molar-refractivity contribution >= 4 is 0 Å². The smallest absolute Gasteiger partial charge is 0.126 e. The van der Waals surface area contributed by atoms with Crippen LogP contribution < -0.4 is 19.5 Å². The van der Waals surface area contributed by atoms with Gasteiger partial charge in [0.2, 0.25) is 0 Å². The minimum absolute atomic E-state index is 0.210. The topological polar surface area (TPSA) is 39.7 Å². The summed E-state index contributed by atoms with van der Waals surface area (Å²) in [6, 6.07) is 22.7. The summed E-state index contributed by atoms with van der Waals surface area (Å²) in [4.78, 5) is 0. The average molecular weight is 377 g/mol. The molecule has 0 saturated carbocycles. The largest absolute Gasteiger partial charge is 0.497 e. The molecular formula is C24H27NO3. The van der Waals surface area contributed by atoms with E-state index in [9.17, 15) is 0 Å². The minimum Gasteiger partial charge on any atom is -0.497 e. The fraction of sp³-hybridized carbons (Fsp3) is 0.250. The van der Waals surface area contributed by atoms with Crippen molar-refractivity contribution in [3.8, 4) is 28.4 Å². The third-order valence-electron chi connectivity index (χ3n) is 4.87. The van der Waals surface area contributed by atoms with Crippen LogP contribution in [0, 0.1) is 0 Å². The van der Waals surface area contributed by atoms with Crippen molar-refractivity contribution in [3.63, 3.8) is 0 Å². The van der Waals surface area contributed by atoms with Crippen molar-refractivity contribution in [2.75, 3.05) is 21.3 Å². The summed E-state index contributed by atoms with van der Waals surface area (Å²) in [5, 5.41) is 3.58. The number of rotatable bonds is 8. The Kier molecular flexibility index (Phi) is 6.56. The number of hydrogen-bond donors (Lipinski definition) is 1. The summed E-state index contributed by atoms with van der Waals surface area (Å²) in [7, 11) is 5.06. The molecule has 0 amide bonds. The molecule has 146 valence electrons. The molecule has 3 aromatic rings. The normalized spacial score (nSPS) is 11.7.